The molecule has 0 saturated heterocycles. The maximum atomic E-state index is 4.41. The van der Waals surface area contributed by atoms with Gasteiger partial charge in [-0.15, -0.1) is 0 Å². The van der Waals surface area contributed by atoms with Gasteiger partial charge in [0, 0.05) is 5.75 Å². The molecule has 0 atom stereocenters. The summed E-state index contributed by atoms with van der Waals surface area (Å²) in [6.45, 7) is 8.83. The minimum absolute atomic E-state index is 0.816. The molecule has 0 unspecified atom stereocenters. The number of rotatable bonds is 9. The van der Waals surface area contributed by atoms with Gasteiger partial charge in [-0.1, -0.05) is 59.2 Å². The first kappa shape index (κ1) is 19.8. The maximum Gasteiger partial charge on any atom is 0.0157 e. The Morgan fingerprint density at radius 3 is 2.00 bits per heavy atom. The molecule has 0 aromatic heterocycles. The fraction of sp³-hybridized carbons (Fsp3) is 0.455. The van der Waals surface area contributed by atoms with Crippen molar-refractivity contribution in [1.29, 1.82) is 0 Å². The Labute approximate surface area is 148 Å². The molecule has 1 aromatic rings. The molecular formula is C22H32S. The smallest absolute Gasteiger partial charge is 0.0157 e. The largest absolute Gasteiger partial charge is 0.175 e. The molecule has 23 heavy (non-hydrogen) atoms. The minimum Gasteiger partial charge on any atom is -0.175 e. The van der Waals surface area contributed by atoms with Crippen LogP contribution in [0.25, 0.3) is 0 Å². The third-order valence-electron chi connectivity index (χ3n) is 4.08. The van der Waals surface area contributed by atoms with Crippen LogP contribution in [0.2, 0.25) is 0 Å². The zero-order chi connectivity index (χ0) is 17.1. The van der Waals surface area contributed by atoms with E-state index in [1.54, 1.807) is 0 Å². The first-order valence-electron chi connectivity index (χ1n) is 8.65. The van der Waals surface area contributed by atoms with Crippen molar-refractivity contribution in [3.63, 3.8) is 0 Å². The highest BCUT2D eigenvalue weighted by atomic mass is 32.1. The lowest BCUT2D eigenvalue weighted by atomic mass is 10.0. The molecule has 0 aliphatic carbocycles. The SMILES string of the molecule is CC(C)=CCCC(C)=CCCC(C)=CCc1ccccc1CS. The van der Waals surface area contributed by atoms with Gasteiger partial charge in [0.05, 0.1) is 0 Å². The summed E-state index contributed by atoms with van der Waals surface area (Å²) >= 11 is 4.41. The lowest BCUT2D eigenvalue weighted by Gasteiger charge is -2.06. The molecular weight excluding hydrogens is 296 g/mol. The summed E-state index contributed by atoms with van der Waals surface area (Å²) in [5.74, 6) is 0.816. The Bertz CT molecular complexity index is 557. The summed E-state index contributed by atoms with van der Waals surface area (Å²) in [5.41, 5.74) is 7.14. The van der Waals surface area contributed by atoms with E-state index in [0.29, 0.717) is 0 Å². The van der Waals surface area contributed by atoms with E-state index in [1.165, 1.54) is 40.7 Å². The predicted octanol–water partition coefficient (Wildman–Crippen LogP) is 7.08. The van der Waals surface area contributed by atoms with Gasteiger partial charge in [0.1, 0.15) is 0 Å². The van der Waals surface area contributed by atoms with Crippen LogP contribution in [-0.4, -0.2) is 0 Å². The number of benzene rings is 1. The van der Waals surface area contributed by atoms with E-state index in [1.807, 2.05) is 0 Å². The molecule has 1 aromatic carbocycles. The van der Waals surface area contributed by atoms with Crippen LogP contribution in [0.1, 0.15) is 64.5 Å². The molecule has 126 valence electrons. The van der Waals surface area contributed by atoms with Crippen LogP contribution < -0.4 is 0 Å². The Balaban J connectivity index is 2.41. The summed E-state index contributed by atoms with van der Waals surface area (Å²) in [7, 11) is 0. The number of thiol groups is 1. The molecule has 0 aliphatic rings. The van der Waals surface area contributed by atoms with E-state index in [-0.39, 0.29) is 0 Å². The highest BCUT2D eigenvalue weighted by Crippen LogP contribution is 2.15. The van der Waals surface area contributed by atoms with Gasteiger partial charge in [-0.2, -0.15) is 12.6 Å². The second kappa shape index (κ2) is 11.3. The molecule has 0 nitrogen and oxygen atoms in total. The molecule has 0 fully saturated rings. The van der Waals surface area contributed by atoms with E-state index in [9.17, 15) is 0 Å². The Kier molecular flexibility index (Phi) is 9.78. The Hall–Kier alpha value is -1.21. The van der Waals surface area contributed by atoms with E-state index in [4.69, 9.17) is 0 Å². The van der Waals surface area contributed by atoms with Crippen molar-refractivity contribution in [2.24, 2.45) is 0 Å². The van der Waals surface area contributed by atoms with Crippen LogP contribution in [0, 0.1) is 0 Å². The average molecular weight is 329 g/mol. The number of hydrogen-bond acceptors (Lipinski definition) is 1. The maximum absolute atomic E-state index is 4.41. The van der Waals surface area contributed by atoms with Gasteiger partial charge >= 0.3 is 0 Å². The fourth-order valence-electron chi connectivity index (χ4n) is 2.53. The summed E-state index contributed by atoms with van der Waals surface area (Å²) in [5, 5.41) is 0. The zero-order valence-electron chi connectivity index (χ0n) is 15.2. The van der Waals surface area contributed by atoms with Gasteiger partial charge in [0.2, 0.25) is 0 Å². The third-order valence-corrected chi connectivity index (χ3v) is 4.42. The molecule has 1 rings (SSSR count). The first-order chi connectivity index (χ1) is 11.0. The highest BCUT2D eigenvalue weighted by molar-refractivity contribution is 7.79. The summed E-state index contributed by atoms with van der Waals surface area (Å²) < 4.78 is 0. The van der Waals surface area contributed by atoms with Gasteiger partial charge < -0.3 is 0 Å². The lowest BCUT2D eigenvalue weighted by Crippen LogP contribution is -1.90. The lowest BCUT2D eigenvalue weighted by molar-refractivity contribution is 0.914. The summed E-state index contributed by atoms with van der Waals surface area (Å²) in [6, 6.07) is 8.59. The molecule has 0 radical (unpaired) electrons. The van der Waals surface area contributed by atoms with Gasteiger partial charge in [-0.25, -0.2) is 0 Å². The number of hydrogen-bond donors (Lipinski definition) is 1. The number of allylic oxidation sites excluding steroid dienone is 6. The first-order valence-corrected chi connectivity index (χ1v) is 9.28. The van der Waals surface area contributed by atoms with Crippen LogP contribution in [0.4, 0.5) is 0 Å². The molecule has 0 saturated carbocycles. The van der Waals surface area contributed by atoms with Crippen molar-refractivity contribution in [3.05, 3.63) is 70.3 Å². The normalized spacial score (nSPS) is 12.4. The van der Waals surface area contributed by atoms with Crippen LogP contribution in [0.15, 0.2) is 59.2 Å². The topological polar surface area (TPSA) is 0 Å². The van der Waals surface area contributed by atoms with Crippen molar-refractivity contribution >= 4 is 12.6 Å². The second-order valence-corrected chi connectivity index (χ2v) is 6.91. The molecule has 0 heterocycles. The standard InChI is InChI=1S/C22H32S/c1-18(2)9-7-10-19(3)11-8-12-20(4)15-16-21-13-5-6-14-22(21)17-23/h5-6,9,11,13-15,23H,7-8,10,12,16-17H2,1-4H3. The fourth-order valence-corrected chi connectivity index (χ4v) is 2.84. The quantitative estimate of drug-likeness (QED) is 0.363. The highest BCUT2D eigenvalue weighted by Gasteiger charge is 1.98. The van der Waals surface area contributed by atoms with E-state index < -0.39 is 0 Å². The second-order valence-electron chi connectivity index (χ2n) is 6.59. The zero-order valence-corrected chi connectivity index (χ0v) is 16.1. The van der Waals surface area contributed by atoms with Crippen molar-refractivity contribution in [3.8, 4) is 0 Å². The molecule has 0 amide bonds. The molecule has 1 heteroatoms. The van der Waals surface area contributed by atoms with Crippen molar-refractivity contribution in [2.75, 3.05) is 0 Å². The van der Waals surface area contributed by atoms with Crippen molar-refractivity contribution < 1.29 is 0 Å². The van der Waals surface area contributed by atoms with Crippen molar-refractivity contribution in [2.45, 2.75) is 65.6 Å². The minimum atomic E-state index is 0.816. The predicted molar refractivity (Wildman–Crippen MR) is 108 cm³/mol. The summed E-state index contributed by atoms with van der Waals surface area (Å²) in [6.07, 6.45) is 12.8. The van der Waals surface area contributed by atoms with Crippen molar-refractivity contribution in [1.82, 2.24) is 0 Å². The molecule has 0 bridgehead atoms. The van der Waals surface area contributed by atoms with Gasteiger partial charge in [-0.3, -0.25) is 0 Å². The average Bonchev–Trinajstić information content (AvgIpc) is 2.52. The van der Waals surface area contributed by atoms with Gasteiger partial charge in [0.15, 0.2) is 0 Å². The Morgan fingerprint density at radius 2 is 1.39 bits per heavy atom. The van der Waals surface area contributed by atoms with Crippen LogP contribution in [0.5, 0.6) is 0 Å². The van der Waals surface area contributed by atoms with Gasteiger partial charge in [-0.05, 0) is 70.9 Å². The molecule has 0 N–H and O–H groups in total. The summed E-state index contributed by atoms with van der Waals surface area (Å²) in [4.78, 5) is 0. The van der Waals surface area contributed by atoms with Crippen LogP contribution >= 0.6 is 12.6 Å². The van der Waals surface area contributed by atoms with Crippen LogP contribution in [0.3, 0.4) is 0 Å². The van der Waals surface area contributed by atoms with E-state index >= 15 is 0 Å². The Morgan fingerprint density at radius 1 is 0.826 bits per heavy atom. The van der Waals surface area contributed by atoms with E-state index in [0.717, 1.165) is 25.0 Å². The molecule has 0 aliphatic heterocycles. The third kappa shape index (κ3) is 8.86. The molecule has 0 spiro atoms. The monoisotopic (exact) mass is 328 g/mol. The van der Waals surface area contributed by atoms with E-state index in [2.05, 4.69) is 82.8 Å². The van der Waals surface area contributed by atoms with Crippen LogP contribution in [-0.2, 0) is 12.2 Å². The van der Waals surface area contributed by atoms with Gasteiger partial charge in [0.25, 0.3) is 0 Å².